The van der Waals surface area contributed by atoms with Crippen molar-refractivity contribution in [2.24, 2.45) is 0 Å². The predicted octanol–water partition coefficient (Wildman–Crippen LogP) is 1.27. The third-order valence-corrected chi connectivity index (χ3v) is 2.75. The van der Waals surface area contributed by atoms with Gasteiger partial charge in [0.2, 0.25) is 0 Å². The molecule has 1 fully saturated rings. The van der Waals surface area contributed by atoms with E-state index in [9.17, 15) is 0 Å². The Kier molecular flexibility index (Phi) is 4.34. The number of pyridine rings is 1. The van der Waals surface area contributed by atoms with Gasteiger partial charge in [-0.25, -0.2) is 0 Å². The lowest BCUT2D eigenvalue weighted by Gasteiger charge is -2.11. The normalized spacial score (nSPS) is 15.2. The van der Waals surface area contributed by atoms with Crippen LogP contribution in [0.3, 0.4) is 0 Å². The first-order chi connectivity index (χ1) is 8.24. The maximum Gasteiger partial charge on any atom is 0.137 e. The van der Waals surface area contributed by atoms with Crippen LogP contribution in [0, 0.1) is 0 Å². The lowest BCUT2D eigenvalue weighted by molar-refractivity contribution is 0.260. The number of ether oxygens (including phenoxy) is 1. The van der Waals surface area contributed by atoms with Gasteiger partial charge in [0.1, 0.15) is 12.4 Å². The SMILES string of the molecule is CN(C)CCOc1ccc(CNC2CC2)nc1. The number of nitrogens with one attached hydrogen (secondary N) is 1. The molecule has 1 aromatic rings. The number of hydrogen-bond donors (Lipinski definition) is 1. The molecule has 0 unspecified atom stereocenters. The number of likely N-dealkylation sites (N-methyl/N-ethyl adjacent to an activating group) is 1. The summed E-state index contributed by atoms with van der Waals surface area (Å²) in [6.07, 6.45) is 4.43. The van der Waals surface area contributed by atoms with Crippen molar-refractivity contribution in [2.75, 3.05) is 27.2 Å². The Morgan fingerprint density at radius 3 is 2.82 bits per heavy atom. The highest BCUT2D eigenvalue weighted by Gasteiger charge is 2.19. The Balaban J connectivity index is 1.72. The number of aromatic nitrogens is 1. The predicted molar refractivity (Wildman–Crippen MR) is 68.1 cm³/mol. The van der Waals surface area contributed by atoms with Crippen LogP contribution in [-0.2, 0) is 6.54 Å². The first-order valence-corrected chi connectivity index (χ1v) is 6.20. The molecule has 1 N–H and O–H groups in total. The van der Waals surface area contributed by atoms with Crippen molar-refractivity contribution in [3.05, 3.63) is 24.0 Å². The van der Waals surface area contributed by atoms with Crippen molar-refractivity contribution in [3.8, 4) is 5.75 Å². The fraction of sp³-hybridized carbons (Fsp3) is 0.615. The van der Waals surface area contributed by atoms with Crippen LogP contribution in [0.4, 0.5) is 0 Å². The molecule has 0 spiro atoms. The molecule has 0 radical (unpaired) electrons. The molecule has 1 aliphatic carbocycles. The molecule has 0 amide bonds. The average molecular weight is 235 g/mol. The summed E-state index contributed by atoms with van der Waals surface area (Å²) in [6.45, 7) is 2.49. The van der Waals surface area contributed by atoms with Crippen LogP contribution < -0.4 is 10.1 Å². The summed E-state index contributed by atoms with van der Waals surface area (Å²) in [4.78, 5) is 6.47. The Labute approximate surface area is 103 Å². The highest BCUT2D eigenvalue weighted by molar-refractivity contribution is 5.19. The molecule has 0 aliphatic heterocycles. The Morgan fingerprint density at radius 1 is 1.41 bits per heavy atom. The van der Waals surface area contributed by atoms with Crippen molar-refractivity contribution >= 4 is 0 Å². The van der Waals surface area contributed by atoms with E-state index in [0.717, 1.165) is 30.6 Å². The van der Waals surface area contributed by atoms with E-state index in [-0.39, 0.29) is 0 Å². The van der Waals surface area contributed by atoms with Gasteiger partial charge in [-0.05, 0) is 39.1 Å². The van der Waals surface area contributed by atoms with Gasteiger partial charge in [0.15, 0.2) is 0 Å². The maximum absolute atomic E-state index is 5.59. The molecule has 1 heterocycles. The van der Waals surface area contributed by atoms with Gasteiger partial charge in [0.05, 0.1) is 11.9 Å². The molecule has 1 aromatic heterocycles. The zero-order valence-corrected chi connectivity index (χ0v) is 10.6. The lowest BCUT2D eigenvalue weighted by Crippen LogP contribution is -2.19. The molecule has 2 rings (SSSR count). The standard InChI is InChI=1S/C13H21N3O/c1-16(2)7-8-17-13-6-5-12(15-10-13)9-14-11-3-4-11/h5-6,10-11,14H,3-4,7-9H2,1-2H3. The monoisotopic (exact) mass is 235 g/mol. The van der Waals surface area contributed by atoms with Gasteiger partial charge < -0.3 is 15.0 Å². The quantitative estimate of drug-likeness (QED) is 0.772. The summed E-state index contributed by atoms with van der Waals surface area (Å²) in [5.41, 5.74) is 1.08. The largest absolute Gasteiger partial charge is 0.491 e. The van der Waals surface area contributed by atoms with E-state index < -0.39 is 0 Å². The third kappa shape index (κ3) is 4.71. The van der Waals surface area contributed by atoms with Gasteiger partial charge in [-0.3, -0.25) is 4.98 Å². The summed E-state index contributed by atoms with van der Waals surface area (Å²) in [5.74, 6) is 0.849. The van der Waals surface area contributed by atoms with Gasteiger partial charge in [-0.2, -0.15) is 0 Å². The molecule has 17 heavy (non-hydrogen) atoms. The first kappa shape index (κ1) is 12.3. The molecule has 0 atom stereocenters. The first-order valence-electron chi connectivity index (χ1n) is 6.20. The van der Waals surface area contributed by atoms with Crippen molar-refractivity contribution in [1.82, 2.24) is 15.2 Å². The van der Waals surface area contributed by atoms with E-state index in [4.69, 9.17) is 4.74 Å². The number of rotatable bonds is 7. The molecular weight excluding hydrogens is 214 g/mol. The minimum Gasteiger partial charge on any atom is -0.491 e. The van der Waals surface area contributed by atoms with E-state index in [1.165, 1.54) is 12.8 Å². The summed E-state index contributed by atoms with van der Waals surface area (Å²) < 4.78 is 5.59. The maximum atomic E-state index is 5.59. The summed E-state index contributed by atoms with van der Waals surface area (Å²) in [6, 6.07) is 4.75. The molecule has 4 nitrogen and oxygen atoms in total. The fourth-order valence-electron chi connectivity index (χ4n) is 1.48. The van der Waals surface area contributed by atoms with Gasteiger partial charge in [0.25, 0.3) is 0 Å². The average Bonchev–Trinajstić information content (AvgIpc) is 3.11. The van der Waals surface area contributed by atoms with Crippen molar-refractivity contribution in [3.63, 3.8) is 0 Å². The van der Waals surface area contributed by atoms with Crippen LogP contribution in [0.25, 0.3) is 0 Å². The van der Waals surface area contributed by atoms with Crippen molar-refractivity contribution < 1.29 is 4.74 Å². The molecule has 1 aliphatic rings. The van der Waals surface area contributed by atoms with Crippen LogP contribution in [-0.4, -0.2) is 43.2 Å². The van der Waals surface area contributed by atoms with E-state index in [0.29, 0.717) is 6.61 Å². The number of hydrogen-bond acceptors (Lipinski definition) is 4. The second-order valence-electron chi connectivity index (χ2n) is 4.79. The van der Waals surface area contributed by atoms with Crippen LogP contribution in [0.2, 0.25) is 0 Å². The topological polar surface area (TPSA) is 37.4 Å². The minimum absolute atomic E-state index is 0.703. The van der Waals surface area contributed by atoms with Gasteiger partial charge in [-0.1, -0.05) is 0 Å². The van der Waals surface area contributed by atoms with Gasteiger partial charge in [-0.15, -0.1) is 0 Å². The minimum atomic E-state index is 0.703. The van der Waals surface area contributed by atoms with Crippen LogP contribution >= 0.6 is 0 Å². The van der Waals surface area contributed by atoms with E-state index in [2.05, 4.69) is 15.2 Å². The van der Waals surface area contributed by atoms with E-state index in [1.54, 1.807) is 6.20 Å². The van der Waals surface area contributed by atoms with Crippen LogP contribution in [0.1, 0.15) is 18.5 Å². The van der Waals surface area contributed by atoms with Crippen LogP contribution in [0.15, 0.2) is 18.3 Å². The third-order valence-electron chi connectivity index (χ3n) is 2.75. The van der Waals surface area contributed by atoms with E-state index in [1.807, 2.05) is 26.2 Å². The van der Waals surface area contributed by atoms with Gasteiger partial charge in [0, 0.05) is 19.1 Å². The lowest BCUT2D eigenvalue weighted by atomic mass is 10.3. The highest BCUT2D eigenvalue weighted by Crippen LogP contribution is 2.19. The fourth-order valence-corrected chi connectivity index (χ4v) is 1.48. The van der Waals surface area contributed by atoms with Crippen LogP contribution in [0.5, 0.6) is 5.75 Å². The molecule has 0 aromatic carbocycles. The van der Waals surface area contributed by atoms with Gasteiger partial charge >= 0.3 is 0 Å². The summed E-state index contributed by atoms with van der Waals surface area (Å²) >= 11 is 0. The Bertz CT molecular complexity index is 333. The zero-order valence-electron chi connectivity index (χ0n) is 10.6. The Hall–Kier alpha value is -1.13. The number of nitrogens with zero attached hydrogens (tertiary/aromatic N) is 2. The summed E-state index contributed by atoms with van der Waals surface area (Å²) in [7, 11) is 4.07. The van der Waals surface area contributed by atoms with Crippen molar-refractivity contribution in [1.29, 1.82) is 0 Å². The molecule has 0 bridgehead atoms. The van der Waals surface area contributed by atoms with E-state index >= 15 is 0 Å². The molecule has 1 saturated carbocycles. The molecule has 4 heteroatoms. The second-order valence-corrected chi connectivity index (χ2v) is 4.79. The second kappa shape index (κ2) is 5.98. The molecule has 94 valence electrons. The Morgan fingerprint density at radius 2 is 2.24 bits per heavy atom. The zero-order chi connectivity index (χ0) is 12.1. The molecular formula is C13H21N3O. The highest BCUT2D eigenvalue weighted by atomic mass is 16.5. The summed E-state index contributed by atoms with van der Waals surface area (Å²) in [5, 5.41) is 3.44. The smallest absolute Gasteiger partial charge is 0.137 e. The van der Waals surface area contributed by atoms with Crippen molar-refractivity contribution in [2.45, 2.75) is 25.4 Å². The molecule has 0 saturated heterocycles.